The molecular weight excluding hydrogens is 289 g/mol. The summed E-state index contributed by atoms with van der Waals surface area (Å²) < 4.78 is 0. The van der Waals surface area contributed by atoms with Gasteiger partial charge in [-0.3, -0.25) is 9.69 Å². The fraction of sp³-hybridized carbons (Fsp3) is 0.917. The number of nitrogens with two attached hydrogens (primary N) is 1. The van der Waals surface area contributed by atoms with Crippen molar-refractivity contribution in [2.45, 2.75) is 45.4 Å². The standard InChI is InChI=1S/C12H25N3O2.2ClH/c1-4-11-8-15(12(17)10(3)13)6-5-14(11)7-9(2)16;;/h9-11,16H,4-8,13H2,1-3H3;2*1H. The van der Waals surface area contributed by atoms with Gasteiger partial charge in [-0.25, -0.2) is 0 Å². The molecule has 0 bridgehead atoms. The maximum atomic E-state index is 11.8. The topological polar surface area (TPSA) is 69.8 Å². The van der Waals surface area contributed by atoms with Crippen LogP contribution in [0.25, 0.3) is 0 Å². The van der Waals surface area contributed by atoms with Crippen molar-refractivity contribution in [1.82, 2.24) is 9.80 Å². The molecule has 0 aromatic heterocycles. The van der Waals surface area contributed by atoms with Gasteiger partial charge < -0.3 is 15.7 Å². The summed E-state index contributed by atoms with van der Waals surface area (Å²) in [6.07, 6.45) is 0.662. The van der Waals surface area contributed by atoms with Gasteiger partial charge in [0.1, 0.15) is 0 Å². The number of piperazine rings is 1. The van der Waals surface area contributed by atoms with Gasteiger partial charge in [-0.1, -0.05) is 6.92 Å². The lowest BCUT2D eigenvalue weighted by atomic mass is 10.1. The Hall–Kier alpha value is -0.0700. The van der Waals surface area contributed by atoms with E-state index in [1.807, 2.05) is 4.90 Å². The molecule has 1 rings (SSSR count). The lowest BCUT2D eigenvalue weighted by Crippen LogP contribution is -2.58. The predicted molar refractivity (Wildman–Crippen MR) is 82.1 cm³/mol. The predicted octanol–water partition coefficient (Wildman–Crippen LogP) is 0.481. The van der Waals surface area contributed by atoms with Crippen LogP contribution < -0.4 is 5.73 Å². The van der Waals surface area contributed by atoms with Crippen LogP contribution in [0.15, 0.2) is 0 Å². The third-order valence-electron chi connectivity index (χ3n) is 3.28. The van der Waals surface area contributed by atoms with Crippen molar-refractivity contribution in [3.8, 4) is 0 Å². The van der Waals surface area contributed by atoms with Gasteiger partial charge in [0, 0.05) is 32.2 Å². The number of aliphatic hydroxyl groups excluding tert-OH is 1. The normalized spacial score (nSPS) is 23.0. The number of carbonyl (C=O) groups excluding carboxylic acids is 1. The van der Waals surface area contributed by atoms with Crippen LogP contribution in [0.3, 0.4) is 0 Å². The molecule has 3 N–H and O–H groups in total. The van der Waals surface area contributed by atoms with Crippen molar-refractivity contribution in [3.05, 3.63) is 0 Å². The van der Waals surface area contributed by atoms with Gasteiger partial charge in [0.2, 0.25) is 5.91 Å². The minimum absolute atomic E-state index is 0. The summed E-state index contributed by atoms with van der Waals surface area (Å²) in [6.45, 7) is 8.57. The zero-order chi connectivity index (χ0) is 13.0. The third kappa shape index (κ3) is 6.27. The molecule has 0 aromatic rings. The van der Waals surface area contributed by atoms with E-state index >= 15 is 0 Å². The molecule has 0 aliphatic carbocycles. The molecular formula is C12H27Cl2N3O2. The summed E-state index contributed by atoms with van der Waals surface area (Å²) >= 11 is 0. The van der Waals surface area contributed by atoms with Crippen LogP contribution in [0.2, 0.25) is 0 Å². The Labute approximate surface area is 128 Å². The number of amides is 1. The number of hydrogen-bond acceptors (Lipinski definition) is 4. The van der Waals surface area contributed by atoms with E-state index in [0.29, 0.717) is 19.1 Å². The highest BCUT2D eigenvalue weighted by molar-refractivity contribution is 5.85. The molecule has 5 nitrogen and oxygen atoms in total. The number of aliphatic hydroxyl groups is 1. The SMILES string of the molecule is CCC1CN(C(=O)C(C)N)CCN1CC(C)O.Cl.Cl. The Kier molecular flexibility index (Phi) is 10.9. The summed E-state index contributed by atoms with van der Waals surface area (Å²) in [5.74, 6) is 0.0279. The Morgan fingerprint density at radius 3 is 2.37 bits per heavy atom. The van der Waals surface area contributed by atoms with Crippen molar-refractivity contribution in [2.24, 2.45) is 5.73 Å². The van der Waals surface area contributed by atoms with E-state index in [0.717, 1.165) is 19.5 Å². The van der Waals surface area contributed by atoms with Gasteiger partial charge in [0.15, 0.2) is 0 Å². The zero-order valence-corrected chi connectivity index (χ0v) is 13.5. The Morgan fingerprint density at radius 1 is 1.37 bits per heavy atom. The highest BCUT2D eigenvalue weighted by Gasteiger charge is 2.29. The largest absolute Gasteiger partial charge is 0.392 e. The van der Waals surface area contributed by atoms with Gasteiger partial charge >= 0.3 is 0 Å². The molecule has 0 aromatic carbocycles. The number of halogens is 2. The second kappa shape index (κ2) is 9.77. The number of nitrogens with zero attached hydrogens (tertiary/aromatic N) is 2. The first kappa shape index (κ1) is 21.2. The smallest absolute Gasteiger partial charge is 0.239 e. The fourth-order valence-corrected chi connectivity index (χ4v) is 2.35. The van der Waals surface area contributed by atoms with Crippen LogP contribution in [0.5, 0.6) is 0 Å². The first-order valence-corrected chi connectivity index (χ1v) is 6.42. The van der Waals surface area contributed by atoms with Gasteiger partial charge in [0.05, 0.1) is 12.1 Å². The van der Waals surface area contributed by atoms with E-state index in [-0.39, 0.29) is 36.8 Å². The molecule has 116 valence electrons. The van der Waals surface area contributed by atoms with Gasteiger partial charge in [-0.15, -0.1) is 24.8 Å². The van der Waals surface area contributed by atoms with Crippen LogP contribution in [0.4, 0.5) is 0 Å². The van der Waals surface area contributed by atoms with E-state index in [9.17, 15) is 9.90 Å². The lowest BCUT2D eigenvalue weighted by molar-refractivity contribution is -0.135. The molecule has 3 atom stereocenters. The summed E-state index contributed by atoms with van der Waals surface area (Å²) in [5.41, 5.74) is 5.62. The average Bonchev–Trinajstić information content (AvgIpc) is 2.27. The molecule has 0 saturated carbocycles. The second-order valence-electron chi connectivity index (χ2n) is 4.98. The molecule has 1 aliphatic rings. The van der Waals surface area contributed by atoms with Crippen LogP contribution in [-0.2, 0) is 4.79 Å². The van der Waals surface area contributed by atoms with Gasteiger partial charge in [0.25, 0.3) is 0 Å². The van der Waals surface area contributed by atoms with Gasteiger partial charge in [-0.05, 0) is 20.3 Å². The molecule has 3 unspecified atom stereocenters. The number of rotatable bonds is 4. The maximum absolute atomic E-state index is 11.8. The van der Waals surface area contributed by atoms with Crippen molar-refractivity contribution in [3.63, 3.8) is 0 Å². The molecule has 1 amide bonds. The third-order valence-corrected chi connectivity index (χ3v) is 3.28. The van der Waals surface area contributed by atoms with Crippen LogP contribution >= 0.6 is 24.8 Å². The van der Waals surface area contributed by atoms with Gasteiger partial charge in [-0.2, -0.15) is 0 Å². The molecule has 7 heteroatoms. The van der Waals surface area contributed by atoms with E-state index in [1.54, 1.807) is 13.8 Å². The highest BCUT2D eigenvalue weighted by Crippen LogP contribution is 2.14. The summed E-state index contributed by atoms with van der Waals surface area (Å²) in [5, 5.41) is 9.44. The molecule has 19 heavy (non-hydrogen) atoms. The van der Waals surface area contributed by atoms with E-state index in [4.69, 9.17) is 5.73 Å². The highest BCUT2D eigenvalue weighted by atomic mass is 35.5. The maximum Gasteiger partial charge on any atom is 0.239 e. The quantitative estimate of drug-likeness (QED) is 0.791. The first-order chi connectivity index (χ1) is 7.95. The lowest BCUT2D eigenvalue weighted by Gasteiger charge is -2.42. The van der Waals surface area contributed by atoms with Crippen molar-refractivity contribution in [2.75, 3.05) is 26.2 Å². The zero-order valence-electron chi connectivity index (χ0n) is 11.9. The molecule has 0 spiro atoms. The molecule has 1 heterocycles. The van der Waals surface area contributed by atoms with Crippen LogP contribution in [0, 0.1) is 0 Å². The van der Waals surface area contributed by atoms with Crippen molar-refractivity contribution < 1.29 is 9.90 Å². The Balaban J connectivity index is 0. The minimum atomic E-state index is -0.421. The molecule has 1 aliphatic heterocycles. The summed E-state index contributed by atoms with van der Waals surface area (Å²) in [7, 11) is 0. The van der Waals surface area contributed by atoms with E-state index < -0.39 is 6.04 Å². The molecule has 0 radical (unpaired) electrons. The molecule has 1 fully saturated rings. The van der Waals surface area contributed by atoms with E-state index in [1.165, 1.54) is 0 Å². The number of β-amino-alcohol motifs (C(OH)–C–C–N with tert-alkyl or cyclic N) is 1. The Bertz CT molecular complexity index is 265. The van der Waals surface area contributed by atoms with Crippen LogP contribution in [0.1, 0.15) is 27.2 Å². The molecule has 1 saturated heterocycles. The summed E-state index contributed by atoms with van der Waals surface area (Å²) in [6, 6.07) is -0.0862. The second-order valence-corrected chi connectivity index (χ2v) is 4.98. The number of hydrogen-bond donors (Lipinski definition) is 2. The number of carbonyl (C=O) groups is 1. The fourth-order valence-electron chi connectivity index (χ4n) is 2.35. The van der Waals surface area contributed by atoms with E-state index in [2.05, 4.69) is 11.8 Å². The van der Waals surface area contributed by atoms with Crippen molar-refractivity contribution >= 4 is 30.7 Å². The summed E-state index contributed by atoms with van der Waals surface area (Å²) in [4.78, 5) is 15.9. The average molecular weight is 316 g/mol. The monoisotopic (exact) mass is 315 g/mol. The van der Waals surface area contributed by atoms with Crippen molar-refractivity contribution in [1.29, 1.82) is 0 Å². The van der Waals surface area contributed by atoms with Crippen LogP contribution in [-0.4, -0.2) is 65.2 Å². The first-order valence-electron chi connectivity index (χ1n) is 6.42. The minimum Gasteiger partial charge on any atom is -0.392 e. The Morgan fingerprint density at radius 2 is 1.95 bits per heavy atom.